The van der Waals surface area contributed by atoms with E-state index in [2.05, 4.69) is 24.5 Å². The lowest BCUT2D eigenvalue weighted by molar-refractivity contribution is 0.297. The van der Waals surface area contributed by atoms with Crippen LogP contribution in [0.3, 0.4) is 0 Å². The first-order valence-electron chi connectivity index (χ1n) is 9.87. The molecule has 148 valence electrons. The number of aliphatic imine (C=N–C) groups is 1. The van der Waals surface area contributed by atoms with E-state index in [0.29, 0.717) is 5.41 Å². The number of aryl methyl sites for hydroxylation is 1. The number of hydrogen-bond donors (Lipinski definition) is 2. The Morgan fingerprint density at radius 2 is 1.96 bits per heavy atom. The molecule has 0 radical (unpaired) electrons. The van der Waals surface area contributed by atoms with Crippen molar-refractivity contribution in [3.8, 4) is 0 Å². The Morgan fingerprint density at radius 3 is 2.62 bits per heavy atom. The Morgan fingerprint density at radius 1 is 1.19 bits per heavy atom. The molecular formula is C20H35IN4O. The molecule has 0 bridgehead atoms. The summed E-state index contributed by atoms with van der Waals surface area (Å²) in [6.45, 7) is 7.86. The van der Waals surface area contributed by atoms with E-state index in [1.165, 1.54) is 32.1 Å². The third-order valence-corrected chi connectivity index (χ3v) is 5.35. The van der Waals surface area contributed by atoms with Gasteiger partial charge in [-0.1, -0.05) is 25.8 Å². The molecule has 1 fully saturated rings. The summed E-state index contributed by atoms with van der Waals surface area (Å²) in [6.07, 6.45) is 10.4. The Hall–Kier alpha value is -1.05. The zero-order chi connectivity index (χ0) is 18.0. The van der Waals surface area contributed by atoms with Crippen molar-refractivity contribution in [1.82, 2.24) is 15.2 Å². The van der Waals surface area contributed by atoms with E-state index in [0.717, 1.165) is 45.0 Å². The second-order valence-electron chi connectivity index (χ2n) is 7.12. The highest BCUT2D eigenvalue weighted by atomic mass is 127. The van der Waals surface area contributed by atoms with Gasteiger partial charge in [0.05, 0.1) is 0 Å². The highest BCUT2D eigenvalue weighted by molar-refractivity contribution is 14.0. The first-order valence-corrected chi connectivity index (χ1v) is 9.87. The topological polar surface area (TPSA) is 58.4 Å². The van der Waals surface area contributed by atoms with Gasteiger partial charge >= 0.3 is 0 Å². The van der Waals surface area contributed by atoms with Crippen molar-refractivity contribution in [2.75, 3.05) is 19.6 Å². The van der Waals surface area contributed by atoms with Crippen LogP contribution in [0.4, 0.5) is 0 Å². The Balaban J connectivity index is 0.00000338. The SMILES string of the molecule is CCNC(=NCC1(CC)CCCC1)NCCCCn1ccccc1=O.I. The first kappa shape index (κ1) is 23.0. The molecule has 0 unspecified atom stereocenters. The number of nitrogens with one attached hydrogen (secondary N) is 2. The van der Waals surface area contributed by atoms with Gasteiger partial charge in [0.15, 0.2) is 5.96 Å². The summed E-state index contributed by atoms with van der Waals surface area (Å²) in [4.78, 5) is 16.5. The number of hydrogen-bond acceptors (Lipinski definition) is 2. The minimum atomic E-state index is 0. The molecule has 26 heavy (non-hydrogen) atoms. The molecule has 2 N–H and O–H groups in total. The van der Waals surface area contributed by atoms with Gasteiger partial charge in [0.2, 0.25) is 5.56 Å². The predicted octanol–water partition coefficient (Wildman–Crippen LogP) is 3.77. The fraction of sp³-hybridized carbons (Fsp3) is 0.700. The fourth-order valence-electron chi connectivity index (χ4n) is 3.60. The van der Waals surface area contributed by atoms with Crippen LogP contribution in [0, 0.1) is 5.41 Å². The van der Waals surface area contributed by atoms with Crippen molar-refractivity contribution >= 4 is 29.9 Å². The third-order valence-electron chi connectivity index (χ3n) is 5.35. The average Bonchev–Trinajstić information content (AvgIpc) is 3.10. The molecule has 0 aliphatic heterocycles. The molecule has 1 aliphatic carbocycles. The summed E-state index contributed by atoms with van der Waals surface area (Å²) in [5.74, 6) is 0.930. The van der Waals surface area contributed by atoms with E-state index >= 15 is 0 Å². The number of halogens is 1. The van der Waals surface area contributed by atoms with Crippen LogP contribution in [0.2, 0.25) is 0 Å². The van der Waals surface area contributed by atoms with Crippen LogP contribution in [-0.4, -0.2) is 30.2 Å². The third kappa shape index (κ3) is 7.29. The smallest absolute Gasteiger partial charge is 0.250 e. The minimum Gasteiger partial charge on any atom is -0.357 e. The van der Waals surface area contributed by atoms with E-state index in [1.54, 1.807) is 16.7 Å². The molecule has 2 rings (SSSR count). The van der Waals surface area contributed by atoms with Gasteiger partial charge in [-0.25, -0.2) is 0 Å². The molecule has 0 amide bonds. The number of rotatable bonds is 9. The lowest BCUT2D eigenvalue weighted by Crippen LogP contribution is -2.38. The van der Waals surface area contributed by atoms with E-state index < -0.39 is 0 Å². The molecule has 1 aromatic rings. The standard InChI is InChI=1S/C20H34N4O.HI/c1-3-20(12-6-7-13-20)17-23-19(21-4-2)22-14-8-10-16-24-15-9-5-11-18(24)25;/h5,9,11,15H,3-4,6-8,10,12-14,16-17H2,1-2H3,(H2,21,22,23);1H. The van der Waals surface area contributed by atoms with E-state index in [-0.39, 0.29) is 29.5 Å². The first-order chi connectivity index (χ1) is 12.2. The number of aromatic nitrogens is 1. The van der Waals surface area contributed by atoms with E-state index in [1.807, 2.05) is 12.3 Å². The summed E-state index contributed by atoms with van der Waals surface area (Å²) >= 11 is 0. The fourth-order valence-corrected chi connectivity index (χ4v) is 3.60. The summed E-state index contributed by atoms with van der Waals surface area (Å²) in [7, 11) is 0. The maximum Gasteiger partial charge on any atom is 0.250 e. The van der Waals surface area contributed by atoms with Crippen LogP contribution >= 0.6 is 24.0 Å². The van der Waals surface area contributed by atoms with Crippen LogP contribution in [0.25, 0.3) is 0 Å². The minimum absolute atomic E-state index is 0. The predicted molar refractivity (Wildman–Crippen MR) is 121 cm³/mol. The molecule has 0 atom stereocenters. The maximum absolute atomic E-state index is 11.7. The zero-order valence-electron chi connectivity index (χ0n) is 16.3. The van der Waals surface area contributed by atoms with Crippen LogP contribution in [0.1, 0.15) is 58.8 Å². The number of unbranched alkanes of at least 4 members (excludes halogenated alkanes) is 1. The zero-order valence-corrected chi connectivity index (χ0v) is 18.6. The molecule has 1 aliphatic rings. The van der Waals surface area contributed by atoms with Gasteiger partial charge in [-0.15, -0.1) is 24.0 Å². The van der Waals surface area contributed by atoms with Crippen LogP contribution in [0.15, 0.2) is 34.2 Å². The highest BCUT2D eigenvalue weighted by Crippen LogP contribution is 2.41. The second kappa shape index (κ2) is 12.4. The largest absolute Gasteiger partial charge is 0.357 e. The van der Waals surface area contributed by atoms with Crippen LogP contribution in [0.5, 0.6) is 0 Å². The Kier molecular flexibility index (Phi) is 10.9. The second-order valence-corrected chi connectivity index (χ2v) is 7.12. The Labute approximate surface area is 175 Å². The maximum atomic E-state index is 11.7. The molecule has 0 aromatic carbocycles. The normalized spacial score (nSPS) is 16.2. The van der Waals surface area contributed by atoms with Crippen molar-refractivity contribution in [2.45, 2.75) is 65.3 Å². The van der Waals surface area contributed by atoms with Gasteiger partial charge in [-0.05, 0) is 50.5 Å². The summed E-state index contributed by atoms with van der Waals surface area (Å²) < 4.78 is 1.77. The average molecular weight is 474 g/mol. The van der Waals surface area contributed by atoms with Crippen molar-refractivity contribution in [2.24, 2.45) is 10.4 Å². The van der Waals surface area contributed by atoms with Crippen LogP contribution < -0.4 is 16.2 Å². The summed E-state index contributed by atoms with van der Waals surface area (Å²) in [5, 5.41) is 6.79. The highest BCUT2D eigenvalue weighted by Gasteiger charge is 2.31. The van der Waals surface area contributed by atoms with Crippen molar-refractivity contribution in [1.29, 1.82) is 0 Å². The lowest BCUT2D eigenvalue weighted by Gasteiger charge is -2.25. The van der Waals surface area contributed by atoms with Gasteiger partial charge in [0, 0.05) is 38.4 Å². The lowest BCUT2D eigenvalue weighted by atomic mass is 9.84. The summed E-state index contributed by atoms with van der Waals surface area (Å²) in [5.41, 5.74) is 0.503. The van der Waals surface area contributed by atoms with Gasteiger partial charge in [-0.2, -0.15) is 0 Å². The molecule has 0 spiro atoms. The number of guanidine groups is 1. The van der Waals surface area contributed by atoms with E-state index in [4.69, 9.17) is 4.99 Å². The molecule has 5 nitrogen and oxygen atoms in total. The van der Waals surface area contributed by atoms with Crippen molar-refractivity contribution in [3.63, 3.8) is 0 Å². The van der Waals surface area contributed by atoms with Gasteiger partial charge in [0.25, 0.3) is 0 Å². The van der Waals surface area contributed by atoms with Gasteiger partial charge in [-0.3, -0.25) is 9.79 Å². The number of pyridine rings is 1. The molecule has 1 aromatic heterocycles. The van der Waals surface area contributed by atoms with Gasteiger partial charge in [0.1, 0.15) is 0 Å². The molecule has 1 saturated carbocycles. The van der Waals surface area contributed by atoms with Crippen molar-refractivity contribution < 1.29 is 0 Å². The molecular weight excluding hydrogens is 439 g/mol. The molecule has 6 heteroatoms. The molecule has 0 saturated heterocycles. The number of nitrogens with zero attached hydrogens (tertiary/aromatic N) is 2. The monoisotopic (exact) mass is 474 g/mol. The van der Waals surface area contributed by atoms with Crippen molar-refractivity contribution in [3.05, 3.63) is 34.7 Å². The van der Waals surface area contributed by atoms with E-state index in [9.17, 15) is 4.79 Å². The van der Waals surface area contributed by atoms with Crippen LogP contribution in [-0.2, 0) is 6.54 Å². The quantitative estimate of drug-likeness (QED) is 0.248. The summed E-state index contributed by atoms with van der Waals surface area (Å²) in [6, 6.07) is 5.30. The van der Waals surface area contributed by atoms with Gasteiger partial charge < -0.3 is 15.2 Å². The Bertz CT molecular complexity index is 593. The molecule has 1 heterocycles.